The zero-order valence-corrected chi connectivity index (χ0v) is 17.6. The highest BCUT2D eigenvalue weighted by atomic mass is 19.1. The number of H-pyrrole nitrogens is 1. The van der Waals surface area contributed by atoms with Crippen molar-refractivity contribution in [2.45, 2.75) is 62.9 Å². The maximum absolute atomic E-state index is 15.2. The van der Waals surface area contributed by atoms with Crippen molar-refractivity contribution in [1.29, 1.82) is 0 Å². The number of nitrogens with zero attached hydrogens (tertiary/aromatic N) is 3. The number of rotatable bonds is 4. The number of hydrogen-bond acceptors (Lipinski definition) is 6. The molecule has 4 heterocycles. The van der Waals surface area contributed by atoms with Gasteiger partial charge in [-0.15, -0.1) is 0 Å². The summed E-state index contributed by atoms with van der Waals surface area (Å²) in [7, 11) is 0. The third-order valence-electron chi connectivity index (χ3n) is 6.60. The Hall–Kier alpha value is -3.00. The van der Waals surface area contributed by atoms with Crippen LogP contribution in [0.2, 0.25) is 0 Å². The van der Waals surface area contributed by atoms with Gasteiger partial charge in [-0.25, -0.2) is 14.4 Å². The number of nitrogens with one attached hydrogen (secondary N) is 2. The van der Waals surface area contributed by atoms with Crippen molar-refractivity contribution in [2.75, 3.05) is 0 Å². The molecule has 3 aromatic rings. The number of hydrogen-bond donors (Lipinski definition) is 3. The predicted molar refractivity (Wildman–Crippen MR) is 114 cm³/mol. The normalized spacial score (nSPS) is 30.2. The Morgan fingerprint density at radius 2 is 2.00 bits per heavy atom. The van der Waals surface area contributed by atoms with E-state index in [0.717, 1.165) is 30.4 Å². The van der Waals surface area contributed by atoms with Gasteiger partial charge < -0.3 is 15.2 Å². The molecule has 162 valence electrons. The minimum atomic E-state index is -1.12. The molecule has 8 heteroatoms. The molecule has 2 bridgehead atoms. The Balaban J connectivity index is 1.34. The van der Waals surface area contributed by atoms with E-state index < -0.39 is 17.8 Å². The molecule has 4 atom stereocenters. The van der Waals surface area contributed by atoms with Gasteiger partial charge in [0.05, 0.1) is 29.8 Å². The number of ether oxygens (including phenoxy) is 1. The average molecular weight is 423 g/mol. The Labute approximate surface area is 180 Å². The number of aromatic amines is 1. The monoisotopic (exact) mass is 423 g/mol. The molecular weight excluding hydrogens is 397 g/mol. The van der Waals surface area contributed by atoms with Gasteiger partial charge in [0.2, 0.25) is 5.88 Å². The van der Waals surface area contributed by atoms with E-state index in [-0.39, 0.29) is 17.2 Å². The van der Waals surface area contributed by atoms with Crippen molar-refractivity contribution < 1.29 is 14.2 Å². The van der Waals surface area contributed by atoms with Crippen LogP contribution in [0.15, 0.2) is 43.0 Å². The summed E-state index contributed by atoms with van der Waals surface area (Å²) in [5.74, 6) is 0.385. The fraction of sp³-hybridized carbons (Fsp3) is 0.435. The van der Waals surface area contributed by atoms with E-state index in [1.165, 1.54) is 6.20 Å². The summed E-state index contributed by atoms with van der Waals surface area (Å²) >= 11 is 0. The highest BCUT2D eigenvalue weighted by Crippen LogP contribution is 2.42. The van der Waals surface area contributed by atoms with Crippen LogP contribution in [0.3, 0.4) is 0 Å². The van der Waals surface area contributed by atoms with Crippen LogP contribution in [0.25, 0.3) is 22.4 Å². The molecule has 0 amide bonds. The van der Waals surface area contributed by atoms with Crippen LogP contribution < -0.4 is 10.1 Å². The summed E-state index contributed by atoms with van der Waals surface area (Å²) in [6, 6.07) is 5.33. The second-order valence-electron chi connectivity index (χ2n) is 9.18. The second-order valence-corrected chi connectivity index (χ2v) is 9.18. The molecule has 5 rings (SSSR count). The summed E-state index contributed by atoms with van der Waals surface area (Å²) in [6.07, 6.45) is 8.20. The molecule has 0 aliphatic carbocycles. The van der Waals surface area contributed by atoms with Crippen LogP contribution >= 0.6 is 0 Å². The van der Waals surface area contributed by atoms with E-state index in [1.54, 1.807) is 30.7 Å². The zero-order valence-electron chi connectivity index (χ0n) is 17.6. The van der Waals surface area contributed by atoms with E-state index in [9.17, 15) is 5.11 Å². The maximum Gasteiger partial charge on any atom is 0.232 e. The molecule has 2 aliphatic heterocycles. The van der Waals surface area contributed by atoms with Crippen molar-refractivity contribution in [3.63, 3.8) is 0 Å². The van der Waals surface area contributed by atoms with Crippen LogP contribution in [0.4, 0.5) is 4.39 Å². The van der Waals surface area contributed by atoms with Crippen LogP contribution in [0.5, 0.6) is 11.6 Å². The zero-order chi connectivity index (χ0) is 21.6. The lowest BCUT2D eigenvalue weighted by Crippen LogP contribution is -2.71. The van der Waals surface area contributed by atoms with E-state index in [2.05, 4.69) is 32.4 Å². The third-order valence-corrected chi connectivity index (χ3v) is 6.60. The van der Waals surface area contributed by atoms with Crippen LogP contribution in [0, 0.1) is 0 Å². The highest BCUT2D eigenvalue weighted by Gasteiger charge is 2.53. The Morgan fingerprint density at radius 3 is 2.71 bits per heavy atom. The number of halogens is 1. The maximum atomic E-state index is 15.2. The molecule has 2 saturated heterocycles. The van der Waals surface area contributed by atoms with Gasteiger partial charge in [0.1, 0.15) is 11.9 Å². The van der Waals surface area contributed by atoms with Crippen molar-refractivity contribution in [3.05, 3.63) is 43.0 Å². The molecular formula is C23H26FN5O2. The van der Waals surface area contributed by atoms with Crippen LogP contribution in [-0.2, 0) is 0 Å². The summed E-state index contributed by atoms with van der Waals surface area (Å²) in [4.78, 5) is 8.73. The SMILES string of the molecule is C[C@@]12CCC[C@@](C)(N1)[C@@H](F)[C@@H](Oc1cnc(-c3ccc(-c4cn[nH]c4)cc3O)cn1)C2. The number of alkyl halides is 1. The average Bonchev–Trinajstić information content (AvgIpc) is 3.27. The van der Waals surface area contributed by atoms with Gasteiger partial charge >= 0.3 is 0 Å². The minimum absolute atomic E-state index is 0.0949. The molecule has 2 aromatic heterocycles. The molecule has 2 fully saturated rings. The van der Waals surface area contributed by atoms with Gasteiger partial charge in [-0.3, -0.25) is 5.10 Å². The quantitative estimate of drug-likeness (QED) is 0.587. The first kappa shape index (κ1) is 19.9. The lowest BCUT2D eigenvalue weighted by Gasteiger charge is -2.54. The van der Waals surface area contributed by atoms with Gasteiger partial charge in [-0.1, -0.05) is 6.07 Å². The Bertz CT molecular complexity index is 1070. The van der Waals surface area contributed by atoms with Gasteiger partial charge in [-0.05, 0) is 50.8 Å². The van der Waals surface area contributed by atoms with Crippen molar-refractivity contribution in [2.24, 2.45) is 0 Å². The van der Waals surface area contributed by atoms with Crippen molar-refractivity contribution >= 4 is 0 Å². The Morgan fingerprint density at radius 1 is 1.13 bits per heavy atom. The van der Waals surface area contributed by atoms with E-state index in [0.29, 0.717) is 17.7 Å². The molecule has 2 aliphatic rings. The lowest BCUT2D eigenvalue weighted by molar-refractivity contribution is -0.0625. The number of benzene rings is 1. The Kier molecular flexibility index (Phi) is 4.69. The van der Waals surface area contributed by atoms with Gasteiger partial charge in [0.25, 0.3) is 0 Å². The standard InChI is InChI=1S/C23H26FN5O2/c1-22-6-3-7-23(2,29-22)21(24)19(9-22)31-20-13-25-17(12-26-20)16-5-4-14(8-18(16)30)15-10-27-28-11-15/h4-5,8,10-13,19,21,29-30H,3,6-7,9H2,1-2H3,(H,27,28)/t19-,21-,22-,23+/m0/s1. The third kappa shape index (κ3) is 3.65. The first-order chi connectivity index (χ1) is 14.9. The molecule has 0 unspecified atom stereocenters. The van der Waals surface area contributed by atoms with Crippen molar-refractivity contribution in [3.8, 4) is 34.0 Å². The van der Waals surface area contributed by atoms with Gasteiger partial charge in [0, 0.05) is 29.3 Å². The number of phenols is 1. The van der Waals surface area contributed by atoms with Crippen LogP contribution in [0.1, 0.15) is 39.5 Å². The molecule has 31 heavy (non-hydrogen) atoms. The fourth-order valence-electron chi connectivity index (χ4n) is 5.09. The largest absolute Gasteiger partial charge is 0.507 e. The van der Waals surface area contributed by atoms with Gasteiger partial charge in [-0.2, -0.15) is 5.10 Å². The predicted octanol–water partition coefficient (Wildman–Crippen LogP) is 4.02. The number of piperidine rings is 2. The highest BCUT2D eigenvalue weighted by molar-refractivity contribution is 5.73. The lowest BCUT2D eigenvalue weighted by atomic mass is 9.69. The van der Waals surface area contributed by atoms with Crippen LogP contribution in [-0.4, -0.2) is 48.6 Å². The van der Waals surface area contributed by atoms with Crippen molar-refractivity contribution in [1.82, 2.24) is 25.5 Å². The van der Waals surface area contributed by atoms with Gasteiger partial charge in [0.15, 0.2) is 6.17 Å². The number of fused-ring (bicyclic) bond motifs is 2. The molecule has 7 nitrogen and oxygen atoms in total. The van der Waals surface area contributed by atoms with E-state index in [1.807, 2.05) is 13.0 Å². The van der Waals surface area contributed by atoms with E-state index in [4.69, 9.17) is 4.74 Å². The molecule has 0 saturated carbocycles. The smallest absolute Gasteiger partial charge is 0.232 e. The first-order valence-electron chi connectivity index (χ1n) is 10.6. The second kappa shape index (κ2) is 7.30. The molecule has 1 aromatic carbocycles. The molecule has 0 spiro atoms. The minimum Gasteiger partial charge on any atom is -0.507 e. The number of aromatic nitrogens is 4. The summed E-state index contributed by atoms with van der Waals surface area (Å²) in [5, 5.41) is 20.6. The summed E-state index contributed by atoms with van der Waals surface area (Å²) in [5.41, 5.74) is 2.09. The molecule has 3 N–H and O–H groups in total. The fourth-order valence-corrected chi connectivity index (χ4v) is 5.09. The molecule has 0 radical (unpaired) electrons. The number of aromatic hydroxyl groups is 1. The van der Waals surface area contributed by atoms with E-state index >= 15 is 4.39 Å². The summed E-state index contributed by atoms with van der Waals surface area (Å²) < 4.78 is 21.2. The first-order valence-corrected chi connectivity index (χ1v) is 10.6. The summed E-state index contributed by atoms with van der Waals surface area (Å²) in [6.45, 7) is 4.08. The topological polar surface area (TPSA) is 96.0 Å². The number of phenolic OH excluding ortho intramolecular Hbond substituents is 1.